The van der Waals surface area contributed by atoms with Crippen molar-refractivity contribution in [2.75, 3.05) is 14.2 Å². The maximum absolute atomic E-state index is 12.3. The molecule has 0 aliphatic carbocycles. The van der Waals surface area contributed by atoms with Crippen molar-refractivity contribution in [1.82, 2.24) is 5.43 Å². The van der Waals surface area contributed by atoms with Crippen LogP contribution in [0.3, 0.4) is 0 Å². The fourth-order valence-corrected chi connectivity index (χ4v) is 2.77. The molecule has 30 heavy (non-hydrogen) atoms. The first-order valence-corrected chi connectivity index (χ1v) is 9.49. The Labute approximate surface area is 180 Å². The minimum Gasteiger partial charge on any atom is -0.493 e. The van der Waals surface area contributed by atoms with E-state index >= 15 is 0 Å². The number of halogens is 1. The van der Waals surface area contributed by atoms with Crippen LogP contribution >= 0.6 is 11.6 Å². The lowest BCUT2D eigenvalue weighted by Gasteiger charge is -2.08. The Bertz CT molecular complexity index is 1040. The molecule has 0 heterocycles. The van der Waals surface area contributed by atoms with Crippen molar-refractivity contribution < 1.29 is 19.0 Å². The van der Waals surface area contributed by atoms with Gasteiger partial charge in [-0.3, -0.25) is 4.79 Å². The highest BCUT2D eigenvalue weighted by atomic mass is 35.5. The summed E-state index contributed by atoms with van der Waals surface area (Å²) in [6.45, 7) is 0.424. The summed E-state index contributed by atoms with van der Waals surface area (Å²) in [6.07, 6.45) is 1.55. The number of ether oxygens (including phenoxy) is 3. The monoisotopic (exact) mass is 424 g/mol. The molecule has 154 valence electrons. The molecule has 1 N–H and O–H groups in total. The quantitative estimate of drug-likeness (QED) is 0.420. The van der Waals surface area contributed by atoms with E-state index in [2.05, 4.69) is 10.5 Å². The van der Waals surface area contributed by atoms with Gasteiger partial charge in [0.1, 0.15) is 12.4 Å². The Morgan fingerprint density at radius 2 is 1.77 bits per heavy atom. The molecule has 0 atom stereocenters. The average molecular weight is 425 g/mol. The van der Waals surface area contributed by atoms with Gasteiger partial charge in [0.2, 0.25) is 0 Å². The molecule has 0 bridgehead atoms. The molecule has 0 saturated carbocycles. The van der Waals surface area contributed by atoms with Crippen LogP contribution in [0.4, 0.5) is 0 Å². The fourth-order valence-electron chi connectivity index (χ4n) is 2.64. The van der Waals surface area contributed by atoms with E-state index in [1.165, 1.54) is 14.2 Å². The SMILES string of the molecule is COc1ccc(C(=O)NN=Cc2cccc(OCc3ccc(Cl)cc3)c2)cc1OC. The Morgan fingerprint density at radius 3 is 2.50 bits per heavy atom. The number of methoxy groups -OCH3 is 2. The number of hydrogen-bond donors (Lipinski definition) is 1. The third-order valence-corrected chi connectivity index (χ3v) is 4.45. The molecule has 0 aliphatic rings. The van der Waals surface area contributed by atoms with Crippen molar-refractivity contribution in [2.45, 2.75) is 6.61 Å². The van der Waals surface area contributed by atoms with Crippen molar-refractivity contribution in [3.63, 3.8) is 0 Å². The molecule has 0 aliphatic heterocycles. The zero-order valence-corrected chi connectivity index (χ0v) is 17.3. The van der Waals surface area contributed by atoms with Crippen molar-refractivity contribution in [3.05, 3.63) is 88.4 Å². The van der Waals surface area contributed by atoms with E-state index in [0.717, 1.165) is 11.1 Å². The number of carbonyl (C=O) groups is 1. The predicted molar refractivity (Wildman–Crippen MR) is 117 cm³/mol. The van der Waals surface area contributed by atoms with Gasteiger partial charge >= 0.3 is 0 Å². The minimum atomic E-state index is -0.359. The lowest BCUT2D eigenvalue weighted by Crippen LogP contribution is -2.17. The van der Waals surface area contributed by atoms with E-state index in [-0.39, 0.29) is 5.91 Å². The Kier molecular flexibility index (Phi) is 7.29. The van der Waals surface area contributed by atoms with Gasteiger partial charge in [-0.25, -0.2) is 5.43 Å². The van der Waals surface area contributed by atoms with E-state index in [1.807, 2.05) is 48.5 Å². The van der Waals surface area contributed by atoms with Gasteiger partial charge in [0.05, 0.1) is 20.4 Å². The molecule has 0 fully saturated rings. The molecular weight excluding hydrogens is 404 g/mol. The highest BCUT2D eigenvalue weighted by molar-refractivity contribution is 6.30. The van der Waals surface area contributed by atoms with Gasteiger partial charge in [0, 0.05) is 10.6 Å². The summed E-state index contributed by atoms with van der Waals surface area (Å²) in [4.78, 5) is 12.3. The number of hydrogen-bond acceptors (Lipinski definition) is 5. The molecule has 1 amide bonds. The first-order chi connectivity index (χ1) is 14.6. The zero-order valence-electron chi connectivity index (χ0n) is 16.6. The summed E-state index contributed by atoms with van der Waals surface area (Å²) in [7, 11) is 3.05. The first kappa shape index (κ1) is 21.2. The molecule has 0 radical (unpaired) electrons. The van der Waals surface area contributed by atoms with E-state index in [9.17, 15) is 4.79 Å². The summed E-state index contributed by atoms with van der Waals surface area (Å²) in [5, 5.41) is 4.71. The molecular formula is C23H21ClN2O4. The lowest BCUT2D eigenvalue weighted by molar-refractivity contribution is 0.0954. The van der Waals surface area contributed by atoms with Crippen LogP contribution in [0.2, 0.25) is 5.02 Å². The van der Waals surface area contributed by atoms with Gasteiger partial charge in [-0.15, -0.1) is 0 Å². The van der Waals surface area contributed by atoms with Crippen molar-refractivity contribution in [3.8, 4) is 17.2 Å². The van der Waals surface area contributed by atoms with Gasteiger partial charge in [0.25, 0.3) is 5.91 Å². The van der Waals surface area contributed by atoms with Crippen LogP contribution in [0.5, 0.6) is 17.2 Å². The largest absolute Gasteiger partial charge is 0.493 e. The Hall–Kier alpha value is -3.51. The van der Waals surface area contributed by atoms with Crippen molar-refractivity contribution in [1.29, 1.82) is 0 Å². The van der Waals surface area contributed by atoms with Crippen LogP contribution in [0.15, 0.2) is 71.8 Å². The number of rotatable bonds is 8. The number of nitrogens with one attached hydrogen (secondary N) is 1. The van der Waals surface area contributed by atoms with Crippen LogP contribution in [-0.2, 0) is 6.61 Å². The Balaban J connectivity index is 1.59. The second-order valence-corrected chi connectivity index (χ2v) is 6.69. The maximum atomic E-state index is 12.3. The van der Waals surface area contributed by atoms with Gasteiger partial charge in [0.15, 0.2) is 11.5 Å². The van der Waals surface area contributed by atoms with E-state index < -0.39 is 0 Å². The van der Waals surface area contributed by atoms with Gasteiger partial charge < -0.3 is 14.2 Å². The summed E-state index contributed by atoms with van der Waals surface area (Å²) < 4.78 is 16.2. The topological polar surface area (TPSA) is 69.2 Å². The van der Waals surface area contributed by atoms with E-state index in [4.69, 9.17) is 25.8 Å². The van der Waals surface area contributed by atoms with Crippen LogP contribution < -0.4 is 19.6 Å². The van der Waals surface area contributed by atoms with Gasteiger partial charge in [-0.05, 0) is 53.6 Å². The molecule has 3 rings (SSSR count). The molecule has 7 heteroatoms. The highest BCUT2D eigenvalue weighted by Crippen LogP contribution is 2.27. The smallest absolute Gasteiger partial charge is 0.271 e. The van der Waals surface area contributed by atoms with Crippen LogP contribution in [0.1, 0.15) is 21.5 Å². The lowest BCUT2D eigenvalue weighted by atomic mass is 10.2. The number of amides is 1. The molecule has 0 aromatic heterocycles. The van der Waals surface area contributed by atoms with Gasteiger partial charge in [-0.2, -0.15) is 5.10 Å². The first-order valence-electron chi connectivity index (χ1n) is 9.12. The summed E-state index contributed by atoms with van der Waals surface area (Å²) >= 11 is 5.89. The molecule has 3 aromatic rings. The standard InChI is InChI=1S/C23H21ClN2O4/c1-28-21-11-8-18(13-22(21)29-2)23(27)26-25-14-17-4-3-5-20(12-17)30-15-16-6-9-19(24)10-7-16/h3-14H,15H2,1-2H3,(H,26,27). The number of carbonyl (C=O) groups excluding carboxylic acids is 1. The van der Waals surface area contributed by atoms with E-state index in [0.29, 0.717) is 34.4 Å². The Morgan fingerprint density at radius 1 is 1.00 bits per heavy atom. The van der Waals surface area contributed by atoms with Crippen LogP contribution in [0.25, 0.3) is 0 Å². The van der Waals surface area contributed by atoms with Crippen LogP contribution in [-0.4, -0.2) is 26.3 Å². The van der Waals surface area contributed by atoms with E-state index in [1.54, 1.807) is 24.4 Å². The highest BCUT2D eigenvalue weighted by Gasteiger charge is 2.10. The van der Waals surface area contributed by atoms with Crippen molar-refractivity contribution in [2.24, 2.45) is 5.10 Å². The third-order valence-electron chi connectivity index (χ3n) is 4.20. The third kappa shape index (κ3) is 5.75. The molecule has 6 nitrogen and oxygen atoms in total. The summed E-state index contributed by atoms with van der Waals surface area (Å²) in [5.41, 5.74) is 4.71. The number of hydrazone groups is 1. The van der Waals surface area contributed by atoms with Crippen molar-refractivity contribution >= 4 is 23.7 Å². The predicted octanol–water partition coefficient (Wildman–Crippen LogP) is 4.70. The maximum Gasteiger partial charge on any atom is 0.271 e. The molecule has 0 saturated heterocycles. The average Bonchev–Trinajstić information content (AvgIpc) is 2.78. The minimum absolute atomic E-state index is 0.359. The second-order valence-electron chi connectivity index (χ2n) is 6.26. The molecule has 0 spiro atoms. The number of nitrogens with zero attached hydrogens (tertiary/aromatic N) is 1. The zero-order chi connectivity index (χ0) is 21.3. The fraction of sp³-hybridized carbons (Fsp3) is 0.130. The second kappa shape index (κ2) is 10.3. The normalized spacial score (nSPS) is 10.6. The van der Waals surface area contributed by atoms with Crippen LogP contribution in [0, 0.1) is 0 Å². The summed E-state index contributed by atoms with van der Waals surface area (Å²) in [5.74, 6) is 1.36. The molecule has 0 unspecified atom stereocenters. The summed E-state index contributed by atoms with van der Waals surface area (Å²) in [6, 6.07) is 19.8. The number of benzene rings is 3. The van der Waals surface area contributed by atoms with Gasteiger partial charge in [-0.1, -0.05) is 35.9 Å². The molecule has 3 aromatic carbocycles.